The second kappa shape index (κ2) is 8.92. The van der Waals surface area contributed by atoms with E-state index in [1.165, 1.54) is 14.0 Å². The molecule has 0 unspecified atom stereocenters. The van der Waals surface area contributed by atoms with E-state index >= 15 is 0 Å². The summed E-state index contributed by atoms with van der Waals surface area (Å²) < 4.78 is 10.5. The Balaban J connectivity index is 2.00. The quantitative estimate of drug-likeness (QED) is 0.734. The summed E-state index contributed by atoms with van der Waals surface area (Å²) in [7, 11) is 1.53. The summed E-state index contributed by atoms with van der Waals surface area (Å²) in [6, 6.07) is 10.4. The van der Waals surface area contributed by atoms with Crippen molar-refractivity contribution in [2.24, 2.45) is 0 Å². The Bertz CT molecular complexity index is 803. The maximum atomic E-state index is 12.3. The molecule has 0 bridgehead atoms. The predicted octanol–water partition coefficient (Wildman–Crippen LogP) is 4.42. The number of aryl methyl sites for hydroxylation is 1. The summed E-state index contributed by atoms with van der Waals surface area (Å²) in [4.78, 5) is 24.4. The zero-order valence-corrected chi connectivity index (χ0v) is 16.1. The van der Waals surface area contributed by atoms with Gasteiger partial charge in [0.1, 0.15) is 5.75 Å². The van der Waals surface area contributed by atoms with Crippen LogP contribution in [0.5, 0.6) is 5.75 Å². The number of nitrogens with one attached hydrogen (secondary N) is 1. The average molecular weight is 396 g/mol. The molecule has 0 radical (unpaired) electrons. The first-order valence-electron chi connectivity index (χ1n) is 7.89. The molecule has 0 aliphatic rings. The standard InChI is InChI=1S/C19H19Cl2NO4/c1-11-7-8-16(25-3)13(9-11)10-17(23)26-12(2)19(24)22-18-14(20)5-4-6-15(18)21/h4-9,12H,10H2,1-3H3,(H,22,24)/t12-/m0/s1. The van der Waals surface area contributed by atoms with Gasteiger partial charge in [0.15, 0.2) is 6.10 Å². The number of carbonyl (C=O) groups is 2. The molecule has 0 heterocycles. The van der Waals surface area contributed by atoms with Crippen LogP contribution >= 0.6 is 23.2 Å². The lowest BCUT2D eigenvalue weighted by Crippen LogP contribution is -2.30. The molecule has 5 nitrogen and oxygen atoms in total. The minimum atomic E-state index is -1.01. The maximum absolute atomic E-state index is 12.3. The molecule has 0 fully saturated rings. The zero-order chi connectivity index (χ0) is 19.3. The van der Waals surface area contributed by atoms with Gasteiger partial charge in [-0.05, 0) is 32.0 Å². The molecule has 1 N–H and O–H groups in total. The Morgan fingerprint density at radius 3 is 2.42 bits per heavy atom. The first-order chi connectivity index (χ1) is 12.3. The highest BCUT2D eigenvalue weighted by Gasteiger charge is 2.21. The number of rotatable bonds is 6. The summed E-state index contributed by atoms with van der Waals surface area (Å²) in [6.45, 7) is 3.39. The summed E-state index contributed by atoms with van der Waals surface area (Å²) in [6.07, 6.45) is -1.01. The molecule has 7 heteroatoms. The SMILES string of the molecule is COc1ccc(C)cc1CC(=O)O[C@@H](C)C(=O)Nc1c(Cl)cccc1Cl. The highest BCUT2D eigenvalue weighted by molar-refractivity contribution is 6.39. The second-order valence-corrected chi connectivity index (χ2v) is 6.52. The van der Waals surface area contributed by atoms with Crippen LogP contribution in [-0.2, 0) is 20.7 Å². The smallest absolute Gasteiger partial charge is 0.311 e. The lowest BCUT2D eigenvalue weighted by Gasteiger charge is -2.15. The summed E-state index contributed by atoms with van der Waals surface area (Å²) in [5.41, 5.74) is 1.97. The number of methoxy groups -OCH3 is 1. The van der Waals surface area contributed by atoms with Crippen molar-refractivity contribution in [3.8, 4) is 5.75 Å². The van der Waals surface area contributed by atoms with Gasteiger partial charge in [-0.25, -0.2) is 0 Å². The van der Waals surface area contributed by atoms with Crippen molar-refractivity contribution in [1.29, 1.82) is 0 Å². The van der Waals surface area contributed by atoms with E-state index in [1.807, 2.05) is 19.1 Å². The normalized spacial score (nSPS) is 11.6. The lowest BCUT2D eigenvalue weighted by molar-refractivity contribution is -0.152. The van der Waals surface area contributed by atoms with Gasteiger partial charge in [-0.3, -0.25) is 9.59 Å². The highest BCUT2D eigenvalue weighted by Crippen LogP contribution is 2.30. The number of ether oxygens (including phenoxy) is 2. The van der Waals surface area contributed by atoms with Crippen LogP contribution in [0.2, 0.25) is 10.0 Å². The largest absolute Gasteiger partial charge is 0.496 e. The van der Waals surface area contributed by atoms with Gasteiger partial charge < -0.3 is 14.8 Å². The molecule has 0 spiro atoms. The Morgan fingerprint density at radius 2 is 1.81 bits per heavy atom. The third kappa shape index (κ3) is 5.13. The van der Waals surface area contributed by atoms with E-state index in [-0.39, 0.29) is 12.1 Å². The molecule has 0 aromatic heterocycles. The molecule has 26 heavy (non-hydrogen) atoms. The second-order valence-electron chi connectivity index (χ2n) is 5.71. The number of carbonyl (C=O) groups excluding carboxylic acids is 2. The summed E-state index contributed by atoms with van der Waals surface area (Å²) >= 11 is 12.0. The molecule has 2 aromatic rings. The monoisotopic (exact) mass is 395 g/mol. The maximum Gasteiger partial charge on any atom is 0.311 e. The van der Waals surface area contributed by atoms with Crippen LogP contribution in [0.15, 0.2) is 36.4 Å². The van der Waals surface area contributed by atoms with Crippen LogP contribution in [0, 0.1) is 6.92 Å². The minimum absolute atomic E-state index is 0.00464. The summed E-state index contributed by atoms with van der Waals surface area (Å²) in [5.74, 6) is -0.473. The van der Waals surface area contributed by atoms with Crippen molar-refractivity contribution in [2.45, 2.75) is 26.4 Å². The topological polar surface area (TPSA) is 64.6 Å². The van der Waals surface area contributed by atoms with Crippen molar-refractivity contribution in [3.63, 3.8) is 0 Å². The number of amides is 1. The number of hydrogen-bond donors (Lipinski definition) is 1. The molecule has 0 aliphatic heterocycles. The van der Waals surface area contributed by atoms with Gasteiger partial charge in [0.25, 0.3) is 5.91 Å². The number of halogens is 2. The number of para-hydroxylation sites is 1. The van der Waals surface area contributed by atoms with Crippen LogP contribution in [0.4, 0.5) is 5.69 Å². The molecule has 1 atom stereocenters. The van der Waals surface area contributed by atoms with Gasteiger partial charge in [0, 0.05) is 5.56 Å². The van der Waals surface area contributed by atoms with Gasteiger partial charge in [-0.2, -0.15) is 0 Å². The number of anilines is 1. The lowest BCUT2D eigenvalue weighted by atomic mass is 10.1. The third-order valence-corrected chi connectivity index (χ3v) is 4.29. The van der Waals surface area contributed by atoms with E-state index < -0.39 is 18.0 Å². The van der Waals surface area contributed by atoms with Crippen molar-refractivity contribution in [3.05, 3.63) is 57.6 Å². The van der Waals surface area contributed by atoms with Crippen LogP contribution in [-0.4, -0.2) is 25.1 Å². The van der Waals surface area contributed by atoms with Crippen LogP contribution in [0.25, 0.3) is 0 Å². The van der Waals surface area contributed by atoms with Crippen LogP contribution in [0.1, 0.15) is 18.1 Å². The first kappa shape index (κ1) is 20.1. The highest BCUT2D eigenvalue weighted by atomic mass is 35.5. The molecule has 0 aliphatic carbocycles. The predicted molar refractivity (Wildman–Crippen MR) is 102 cm³/mol. The van der Waals surface area contributed by atoms with Gasteiger partial charge >= 0.3 is 5.97 Å². The zero-order valence-electron chi connectivity index (χ0n) is 14.6. The third-order valence-electron chi connectivity index (χ3n) is 3.66. The first-order valence-corrected chi connectivity index (χ1v) is 8.65. The number of esters is 1. The van der Waals surface area contributed by atoms with Gasteiger partial charge in [0.05, 0.1) is 29.3 Å². The van der Waals surface area contributed by atoms with Gasteiger partial charge in [0.2, 0.25) is 0 Å². The Labute approximate surface area is 162 Å². The summed E-state index contributed by atoms with van der Waals surface area (Å²) in [5, 5.41) is 3.17. The van der Waals surface area contributed by atoms with Crippen LogP contribution < -0.4 is 10.1 Å². The van der Waals surface area contributed by atoms with Crippen molar-refractivity contribution in [1.82, 2.24) is 0 Å². The van der Waals surface area contributed by atoms with Crippen LogP contribution in [0.3, 0.4) is 0 Å². The number of hydrogen-bond acceptors (Lipinski definition) is 4. The minimum Gasteiger partial charge on any atom is -0.496 e. The van der Waals surface area contributed by atoms with Crippen molar-refractivity contribution in [2.75, 3.05) is 12.4 Å². The Morgan fingerprint density at radius 1 is 1.15 bits per heavy atom. The molecule has 1 amide bonds. The van der Waals surface area contributed by atoms with E-state index in [0.717, 1.165) is 5.56 Å². The van der Waals surface area contributed by atoms with Gasteiger partial charge in [-0.15, -0.1) is 0 Å². The molecule has 0 saturated heterocycles. The van der Waals surface area contributed by atoms with E-state index in [2.05, 4.69) is 5.32 Å². The molecule has 2 rings (SSSR count). The van der Waals surface area contributed by atoms with E-state index in [9.17, 15) is 9.59 Å². The molecular formula is C19H19Cl2NO4. The fraction of sp³-hybridized carbons (Fsp3) is 0.263. The van der Waals surface area contributed by atoms with E-state index in [1.54, 1.807) is 24.3 Å². The Hall–Kier alpha value is -2.24. The van der Waals surface area contributed by atoms with Crippen molar-refractivity contribution < 1.29 is 19.1 Å². The molecular weight excluding hydrogens is 377 g/mol. The molecule has 0 saturated carbocycles. The molecule has 2 aromatic carbocycles. The van der Waals surface area contributed by atoms with Gasteiger partial charge in [-0.1, -0.05) is 47.0 Å². The average Bonchev–Trinajstić information content (AvgIpc) is 2.58. The molecule has 138 valence electrons. The van der Waals surface area contributed by atoms with E-state index in [0.29, 0.717) is 21.4 Å². The Kier molecular flexibility index (Phi) is 6.89. The number of benzene rings is 2. The van der Waals surface area contributed by atoms with Crippen molar-refractivity contribution >= 4 is 40.8 Å². The van der Waals surface area contributed by atoms with E-state index in [4.69, 9.17) is 32.7 Å². The fourth-order valence-corrected chi connectivity index (χ4v) is 2.83. The fourth-order valence-electron chi connectivity index (χ4n) is 2.34.